The van der Waals surface area contributed by atoms with Gasteiger partial charge in [0.2, 0.25) is 0 Å². The molecule has 3 rings (SSSR count). The minimum absolute atomic E-state index is 0.0482. The summed E-state index contributed by atoms with van der Waals surface area (Å²) in [5.74, 6) is 1.97. The van der Waals surface area contributed by atoms with Gasteiger partial charge in [-0.25, -0.2) is 0 Å². The van der Waals surface area contributed by atoms with Crippen molar-refractivity contribution >= 4 is 5.91 Å². The molecule has 0 spiro atoms. The molecule has 1 atom stereocenters. The fraction of sp³-hybridized carbons (Fsp3) is 0.708. The van der Waals surface area contributed by atoms with E-state index >= 15 is 0 Å². The maximum absolute atomic E-state index is 13.1. The Kier molecular flexibility index (Phi) is 8.00. The summed E-state index contributed by atoms with van der Waals surface area (Å²) in [6.45, 7) is 12.9. The highest BCUT2D eigenvalue weighted by atomic mass is 16.5. The first-order chi connectivity index (χ1) is 14.4. The van der Waals surface area contributed by atoms with Crippen molar-refractivity contribution < 1.29 is 14.3 Å². The summed E-state index contributed by atoms with van der Waals surface area (Å²) in [5.41, 5.74) is 0.665. The Morgan fingerprint density at radius 2 is 1.90 bits per heavy atom. The molecule has 6 heteroatoms. The van der Waals surface area contributed by atoms with Gasteiger partial charge in [0.25, 0.3) is 5.91 Å². The molecule has 0 saturated carbocycles. The van der Waals surface area contributed by atoms with Crippen LogP contribution in [0.4, 0.5) is 0 Å². The summed E-state index contributed by atoms with van der Waals surface area (Å²) in [4.78, 5) is 19.8. The first-order valence-electron chi connectivity index (χ1n) is 11.5. The molecule has 0 unspecified atom stereocenters. The first-order valence-corrected chi connectivity index (χ1v) is 11.5. The van der Waals surface area contributed by atoms with Gasteiger partial charge in [-0.1, -0.05) is 6.92 Å². The normalized spacial score (nSPS) is 21.2. The number of carbonyl (C=O) groups excluding carboxylic acids is 1. The standard InChI is InChI=1S/C24H39N3O3/c1-6-26-12-9-19(17-26)16-25(4)24(28)20-7-8-22(29-5)23(15-20)30-21-10-13-27(14-11-21)18(2)3/h7-8,15,18-19,21H,6,9-14,16-17H2,1-5H3/t19-/m0/s1. The average molecular weight is 418 g/mol. The van der Waals surface area contributed by atoms with Gasteiger partial charge in [0.15, 0.2) is 11.5 Å². The summed E-state index contributed by atoms with van der Waals surface area (Å²) in [6.07, 6.45) is 3.32. The monoisotopic (exact) mass is 417 g/mol. The largest absolute Gasteiger partial charge is 0.493 e. The third-order valence-corrected chi connectivity index (χ3v) is 6.61. The number of benzene rings is 1. The van der Waals surface area contributed by atoms with Gasteiger partial charge in [0.05, 0.1) is 7.11 Å². The van der Waals surface area contributed by atoms with Crippen LogP contribution in [0.1, 0.15) is 50.4 Å². The van der Waals surface area contributed by atoms with Crippen LogP contribution in [0, 0.1) is 5.92 Å². The highest BCUT2D eigenvalue weighted by molar-refractivity contribution is 5.94. The van der Waals surface area contributed by atoms with Crippen LogP contribution in [0.2, 0.25) is 0 Å². The molecule has 2 fully saturated rings. The van der Waals surface area contributed by atoms with Crippen LogP contribution in [0.5, 0.6) is 11.5 Å². The molecule has 1 amide bonds. The zero-order chi connectivity index (χ0) is 21.7. The van der Waals surface area contributed by atoms with E-state index in [1.807, 2.05) is 30.1 Å². The SMILES string of the molecule is CCN1CC[C@@H](CN(C)C(=O)c2ccc(OC)c(OC3CCN(C(C)C)CC3)c2)C1. The van der Waals surface area contributed by atoms with Crippen molar-refractivity contribution in [1.29, 1.82) is 0 Å². The van der Waals surface area contributed by atoms with Gasteiger partial charge in [0, 0.05) is 44.8 Å². The Balaban J connectivity index is 1.62. The van der Waals surface area contributed by atoms with Crippen LogP contribution < -0.4 is 9.47 Å². The number of piperidine rings is 1. The van der Waals surface area contributed by atoms with Crippen LogP contribution in [-0.2, 0) is 0 Å². The number of nitrogens with zero attached hydrogens (tertiary/aromatic N) is 3. The zero-order valence-electron chi connectivity index (χ0n) is 19.4. The predicted octanol–water partition coefficient (Wildman–Crippen LogP) is 3.36. The number of rotatable bonds is 8. The lowest BCUT2D eigenvalue weighted by molar-refractivity contribution is 0.0763. The topological polar surface area (TPSA) is 45.3 Å². The van der Waals surface area contributed by atoms with Gasteiger partial charge in [-0.2, -0.15) is 0 Å². The third kappa shape index (κ3) is 5.67. The Morgan fingerprint density at radius 1 is 1.17 bits per heavy atom. The van der Waals surface area contributed by atoms with E-state index in [1.54, 1.807) is 7.11 Å². The second kappa shape index (κ2) is 10.5. The molecule has 2 aliphatic heterocycles. The van der Waals surface area contributed by atoms with E-state index in [4.69, 9.17) is 9.47 Å². The van der Waals surface area contributed by atoms with Crippen LogP contribution >= 0.6 is 0 Å². The Bertz CT molecular complexity index is 701. The molecule has 1 aromatic rings. The molecule has 0 aromatic heterocycles. The van der Waals surface area contributed by atoms with Crippen molar-refractivity contribution in [3.63, 3.8) is 0 Å². The fourth-order valence-corrected chi connectivity index (χ4v) is 4.63. The lowest BCUT2D eigenvalue weighted by Gasteiger charge is -2.34. The number of hydrogen-bond donors (Lipinski definition) is 0. The molecule has 0 aliphatic carbocycles. The molecular formula is C24H39N3O3. The quantitative estimate of drug-likeness (QED) is 0.649. The second-order valence-corrected chi connectivity index (χ2v) is 9.05. The smallest absolute Gasteiger partial charge is 0.253 e. The molecule has 0 radical (unpaired) electrons. The van der Waals surface area contributed by atoms with Gasteiger partial charge in [-0.3, -0.25) is 4.79 Å². The number of ether oxygens (including phenoxy) is 2. The lowest BCUT2D eigenvalue weighted by Crippen LogP contribution is -2.41. The van der Waals surface area contributed by atoms with Gasteiger partial charge < -0.3 is 24.2 Å². The lowest BCUT2D eigenvalue weighted by atomic mass is 10.1. The Morgan fingerprint density at radius 3 is 2.50 bits per heavy atom. The van der Waals surface area contributed by atoms with Crippen molar-refractivity contribution in [1.82, 2.24) is 14.7 Å². The molecule has 1 aromatic carbocycles. The van der Waals surface area contributed by atoms with E-state index in [9.17, 15) is 4.79 Å². The van der Waals surface area contributed by atoms with Crippen molar-refractivity contribution in [2.24, 2.45) is 5.92 Å². The van der Waals surface area contributed by atoms with Crippen LogP contribution in [0.15, 0.2) is 18.2 Å². The van der Waals surface area contributed by atoms with Crippen molar-refractivity contribution in [3.8, 4) is 11.5 Å². The molecule has 0 N–H and O–H groups in total. The van der Waals surface area contributed by atoms with E-state index < -0.39 is 0 Å². The number of hydrogen-bond acceptors (Lipinski definition) is 5. The molecule has 2 saturated heterocycles. The molecular weight excluding hydrogens is 378 g/mol. The highest BCUT2D eigenvalue weighted by Gasteiger charge is 2.26. The van der Waals surface area contributed by atoms with E-state index in [0.29, 0.717) is 29.0 Å². The number of likely N-dealkylation sites (tertiary alicyclic amines) is 2. The third-order valence-electron chi connectivity index (χ3n) is 6.61. The van der Waals surface area contributed by atoms with Gasteiger partial charge >= 0.3 is 0 Å². The summed E-state index contributed by atoms with van der Waals surface area (Å²) < 4.78 is 11.8. The Hall–Kier alpha value is -1.79. The van der Waals surface area contributed by atoms with Crippen LogP contribution in [0.3, 0.4) is 0 Å². The van der Waals surface area contributed by atoms with E-state index in [1.165, 1.54) is 0 Å². The molecule has 2 heterocycles. The Labute approximate surface area is 182 Å². The molecule has 6 nitrogen and oxygen atoms in total. The summed E-state index contributed by atoms with van der Waals surface area (Å²) in [5, 5.41) is 0. The van der Waals surface area contributed by atoms with Crippen molar-refractivity contribution in [2.45, 2.75) is 52.2 Å². The van der Waals surface area contributed by atoms with Gasteiger partial charge in [-0.15, -0.1) is 0 Å². The molecule has 2 aliphatic rings. The van der Waals surface area contributed by atoms with Gasteiger partial charge in [-0.05, 0) is 70.3 Å². The molecule has 168 valence electrons. The van der Waals surface area contributed by atoms with E-state index in [2.05, 4.69) is 30.6 Å². The molecule has 0 bridgehead atoms. The first kappa shape index (κ1) is 22.9. The van der Waals surface area contributed by atoms with Crippen LogP contribution in [-0.4, -0.2) is 86.2 Å². The average Bonchev–Trinajstić information content (AvgIpc) is 3.21. The number of methoxy groups -OCH3 is 1. The fourth-order valence-electron chi connectivity index (χ4n) is 4.63. The van der Waals surface area contributed by atoms with Crippen molar-refractivity contribution in [3.05, 3.63) is 23.8 Å². The highest BCUT2D eigenvalue weighted by Crippen LogP contribution is 2.31. The zero-order valence-corrected chi connectivity index (χ0v) is 19.4. The predicted molar refractivity (Wildman–Crippen MR) is 121 cm³/mol. The summed E-state index contributed by atoms with van der Waals surface area (Å²) >= 11 is 0. The number of carbonyl (C=O) groups is 1. The minimum Gasteiger partial charge on any atom is -0.493 e. The molecule has 30 heavy (non-hydrogen) atoms. The second-order valence-electron chi connectivity index (χ2n) is 9.05. The minimum atomic E-state index is 0.0482. The summed E-state index contributed by atoms with van der Waals surface area (Å²) in [7, 11) is 3.56. The van der Waals surface area contributed by atoms with Crippen LogP contribution in [0.25, 0.3) is 0 Å². The van der Waals surface area contributed by atoms with Gasteiger partial charge in [0.1, 0.15) is 6.10 Å². The maximum Gasteiger partial charge on any atom is 0.253 e. The number of amides is 1. The van der Waals surface area contributed by atoms with Crippen molar-refractivity contribution in [2.75, 3.05) is 53.4 Å². The maximum atomic E-state index is 13.1. The summed E-state index contributed by atoms with van der Waals surface area (Å²) in [6, 6.07) is 6.13. The van der Waals surface area contributed by atoms with E-state index in [0.717, 1.165) is 58.5 Å². The van der Waals surface area contributed by atoms with E-state index in [-0.39, 0.29) is 12.0 Å².